The van der Waals surface area contributed by atoms with E-state index < -0.39 is 0 Å². The van der Waals surface area contributed by atoms with Gasteiger partial charge < -0.3 is 11.1 Å². The predicted octanol–water partition coefficient (Wildman–Crippen LogP) is 1.03. The van der Waals surface area contributed by atoms with Gasteiger partial charge >= 0.3 is 0 Å². The maximum absolute atomic E-state index is 11.4. The smallest absolute Gasteiger partial charge is 0.237 e. The van der Waals surface area contributed by atoms with Gasteiger partial charge in [0.05, 0.1) is 6.04 Å². The second kappa shape index (κ2) is 3.66. The molecule has 1 aliphatic carbocycles. The number of nitrogens with one attached hydrogen (secondary N) is 1. The average Bonchev–Trinajstić information content (AvgIpc) is 2.59. The molecule has 1 unspecified atom stereocenters. The Balaban J connectivity index is 2.26. The zero-order valence-corrected chi connectivity index (χ0v) is 8.76. The molecule has 0 bridgehead atoms. The van der Waals surface area contributed by atoms with Crippen LogP contribution in [-0.2, 0) is 4.79 Å². The lowest BCUT2D eigenvalue weighted by Crippen LogP contribution is -2.42. The molecule has 1 rings (SSSR count). The lowest BCUT2D eigenvalue weighted by atomic mass is 10.1. The Morgan fingerprint density at radius 3 is 2.62 bits per heavy atom. The van der Waals surface area contributed by atoms with Crippen LogP contribution in [-0.4, -0.2) is 18.0 Å². The number of rotatable bonds is 4. The van der Waals surface area contributed by atoms with Crippen LogP contribution in [0.2, 0.25) is 0 Å². The zero-order chi connectivity index (χ0) is 10.1. The van der Waals surface area contributed by atoms with Crippen LogP contribution in [0, 0.1) is 5.41 Å². The largest absolute Gasteiger partial charge is 0.351 e. The summed E-state index contributed by atoms with van der Waals surface area (Å²) in [7, 11) is 0. The van der Waals surface area contributed by atoms with Crippen molar-refractivity contribution in [3.8, 4) is 0 Å². The van der Waals surface area contributed by atoms with Crippen LogP contribution in [0.4, 0.5) is 0 Å². The third-order valence-electron chi connectivity index (χ3n) is 2.77. The molecule has 0 radical (unpaired) electrons. The van der Waals surface area contributed by atoms with E-state index in [0.29, 0.717) is 11.5 Å². The molecule has 0 aromatic rings. The van der Waals surface area contributed by atoms with Crippen molar-refractivity contribution in [2.24, 2.45) is 11.1 Å². The standard InChI is InChI=1S/C10H20N2O/c1-4-5-7(11)9(13)12-8-6-10(8,2)3/h7-8H,4-6,11H2,1-3H3,(H,12,13)/t7-,8?/m1/s1. The van der Waals surface area contributed by atoms with Gasteiger partial charge in [-0.05, 0) is 18.3 Å². The molecule has 13 heavy (non-hydrogen) atoms. The van der Waals surface area contributed by atoms with Gasteiger partial charge in [0.15, 0.2) is 0 Å². The van der Waals surface area contributed by atoms with Gasteiger partial charge in [-0.2, -0.15) is 0 Å². The van der Waals surface area contributed by atoms with E-state index in [4.69, 9.17) is 5.73 Å². The molecule has 0 spiro atoms. The summed E-state index contributed by atoms with van der Waals surface area (Å²) in [4.78, 5) is 11.4. The molecule has 1 aliphatic rings. The lowest BCUT2D eigenvalue weighted by molar-refractivity contribution is -0.122. The van der Waals surface area contributed by atoms with E-state index in [0.717, 1.165) is 19.3 Å². The van der Waals surface area contributed by atoms with E-state index in [9.17, 15) is 4.79 Å². The molecule has 0 aromatic heterocycles. The number of amides is 1. The van der Waals surface area contributed by atoms with E-state index in [1.807, 2.05) is 6.92 Å². The topological polar surface area (TPSA) is 55.1 Å². The summed E-state index contributed by atoms with van der Waals surface area (Å²) in [6.07, 6.45) is 2.82. The summed E-state index contributed by atoms with van der Waals surface area (Å²) in [6.45, 7) is 6.35. The van der Waals surface area contributed by atoms with E-state index in [-0.39, 0.29) is 11.9 Å². The molecule has 2 atom stereocenters. The molecule has 3 nitrogen and oxygen atoms in total. The highest BCUT2D eigenvalue weighted by Crippen LogP contribution is 2.44. The fourth-order valence-corrected chi connectivity index (χ4v) is 1.43. The summed E-state index contributed by atoms with van der Waals surface area (Å²) in [6, 6.07) is 0.0318. The fraction of sp³-hybridized carbons (Fsp3) is 0.900. The first kappa shape index (κ1) is 10.5. The highest BCUT2D eigenvalue weighted by molar-refractivity contribution is 5.82. The SMILES string of the molecule is CCC[C@@H](N)C(=O)NC1CC1(C)C. The third-order valence-corrected chi connectivity index (χ3v) is 2.77. The first-order chi connectivity index (χ1) is 5.97. The maximum atomic E-state index is 11.4. The average molecular weight is 184 g/mol. The van der Waals surface area contributed by atoms with Gasteiger partial charge in [0.1, 0.15) is 0 Å². The number of nitrogens with two attached hydrogens (primary N) is 1. The quantitative estimate of drug-likeness (QED) is 0.685. The van der Waals surface area contributed by atoms with E-state index >= 15 is 0 Å². The summed E-state index contributed by atoms with van der Waals surface area (Å²) >= 11 is 0. The molecule has 0 aromatic carbocycles. The summed E-state index contributed by atoms with van der Waals surface area (Å²) in [5.41, 5.74) is 5.97. The highest BCUT2D eigenvalue weighted by Gasteiger charge is 2.46. The molecule has 3 heteroatoms. The Labute approximate surface area is 80.1 Å². The van der Waals surface area contributed by atoms with Crippen molar-refractivity contribution in [1.82, 2.24) is 5.32 Å². The van der Waals surface area contributed by atoms with Gasteiger partial charge in [0.25, 0.3) is 0 Å². The monoisotopic (exact) mass is 184 g/mol. The van der Waals surface area contributed by atoms with Crippen molar-refractivity contribution in [3.63, 3.8) is 0 Å². The minimum absolute atomic E-state index is 0.0115. The van der Waals surface area contributed by atoms with Crippen molar-refractivity contribution < 1.29 is 4.79 Å². The third kappa shape index (κ3) is 2.69. The molecule has 76 valence electrons. The Kier molecular flexibility index (Phi) is 2.96. The van der Waals surface area contributed by atoms with Crippen LogP contribution in [0.15, 0.2) is 0 Å². The molecule has 3 N–H and O–H groups in total. The highest BCUT2D eigenvalue weighted by atomic mass is 16.2. The summed E-state index contributed by atoms with van der Waals surface area (Å²) in [5, 5.41) is 2.96. The van der Waals surface area contributed by atoms with Crippen molar-refractivity contribution in [1.29, 1.82) is 0 Å². The zero-order valence-electron chi connectivity index (χ0n) is 8.76. The second-order valence-corrected chi connectivity index (χ2v) is 4.65. The van der Waals surface area contributed by atoms with Crippen molar-refractivity contribution in [2.45, 2.75) is 52.1 Å². The first-order valence-electron chi connectivity index (χ1n) is 5.03. The van der Waals surface area contributed by atoms with Gasteiger partial charge in [-0.1, -0.05) is 27.2 Å². The van der Waals surface area contributed by atoms with Gasteiger partial charge in [-0.25, -0.2) is 0 Å². The van der Waals surface area contributed by atoms with Crippen molar-refractivity contribution in [3.05, 3.63) is 0 Å². The van der Waals surface area contributed by atoms with Crippen LogP contribution in [0.1, 0.15) is 40.0 Å². The van der Waals surface area contributed by atoms with Gasteiger partial charge in [-0.3, -0.25) is 4.79 Å². The Morgan fingerprint density at radius 2 is 2.23 bits per heavy atom. The molecular weight excluding hydrogens is 164 g/mol. The second-order valence-electron chi connectivity index (χ2n) is 4.65. The molecule has 0 heterocycles. The molecule has 0 aliphatic heterocycles. The van der Waals surface area contributed by atoms with Crippen molar-refractivity contribution in [2.75, 3.05) is 0 Å². The Hall–Kier alpha value is -0.570. The first-order valence-corrected chi connectivity index (χ1v) is 5.03. The van der Waals surface area contributed by atoms with E-state index in [2.05, 4.69) is 19.2 Å². The molecule has 1 fully saturated rings. The van der Waals surface area contributed by atoms with Crippen LogP contribution in [0.25, 0.3) is 0 Å². The van der Waals surface area contributed by atoms with Crippen LogP contribution in [0.5, 0.6) is 0 Å². The Morgan fingerprint density at radius 1 is 1.69 bits per heavy atom. The van der Waals surface area contributed by atoms with Gasteiger partial charge in [0.2, 0.25) is 5.91 Å². The molecule has 1 saturated carbocycles. The lowest BCUT2D eigenvalue weighted by Gasteiger charge is -2.11. The fourth-order valence-electron chi connectivity index (χ4n) is 1.43. The number of hydrogen-bond acceptors (Lipinski definition) is 2. The number of carbonyl (C=O) groups is 1. The summed E-state index contributed by atoms with van der Waals surface area (Å²) in [5.74, 6) is 0.0115. The van der Waals surface area contributed by atoms with Crippen LogP contribution >= 0.6 is 0 Å². The minimum atomic E-state index is -0.318. The van der Waals surface area contributed by atoms with Crippen molar-refractivity contribution >= 4 is 5.91 Å². The predicted molar refractivity (Wildman–Crippen MR) is 53.2 cm³/mol. The van der Waals surface area contributed by atoms with Crippen LogP contribution in [0.3, 0.4) is 0 Å². The van der Waals surface area contributed by atoms with E-state index in [1.165, 1.54) is 0 Å². The number of hydrogen-bond donors (Lipinski definition) is 2. The van der Waals surface area contributed by atoms with Gasteiger partial charge in [0, 0.05) is 6.04 Å². The minimum Gasteiger partial charge on any atom is -0.351 e. The Bertz CT molecular complexity index is 201. The summed E-state index contributed by atoms with van der Waals surface area (Å²) < 4.78 is 0. The molecule has 1 amide bonds. The normalized spacial score (nSPS) is 26.6. The van der Waals surface area contributed by atoms with Gasteiger partial charge in [-0.15, -0.1) is 0 Å². The maximum Gasteiger partial charge on any atom is 0.237 e. The number of carbonyl (C=O) groups excluding carboxylic acids is 1. The molecular formula is C10H20N2O. The van der Waals surface area contributed by atoms with Crippen LogP contribution < -0.4 is 11.1 Å². The van der Waals surface area contributed by atoms with E-state index in [1.54, 1.807) is 0 Å². The molecule has 0 saturated heterocycles.